The first-order valence-corrected chi connectivity index (χ1v) is 7.96. The number of hydrogen-bond donors (Lipinski definition) is 1. The van der Waals surface area contributed by atoms with Gasteiger partial charge in [-0.05, 0) is 49.4 Å². The maximum Gasteiger partial charge on any atom is 0.253 e. The zero-order chi connectivity index (χ0) is 15.2. The number of fused-ring (bicyclic) bond motifs is 1. The average Bonchev–Trinajstić information content (AvgIpc) is 3.15. The number of rotatable bonds is 1. The quantitative estimate of drug-likeness (QED) is 0.859. The lowest BCUT2D eigenvalue weighted by molar-refractivity contribution is 0.0608. The summed E-state index contributed by atoms with van der Waals surface area (Å²) < 4.78 is 1.72. The maximum absolute atomic E-state index is 12.7. The molecule has 0 radical (unpaired) electrons. The van der Waals surface area contributed by atoms with Gasteiger partial charge in [-0.3, -0.25) is 4.79 Å². The number of nitrogens with one attached hydrogen (secondary N) is 1. The van der Waals surface area contributed by atoms with Crippen LogP contribution in [0.3, 0.4) is 0 Å². The molecule has 6 heteroatoms. The van der Waals surface area contributed by atoms with Gasteiger partial charge in [-0.2, -0.15) is 0 Å². The van der Waals surface area contributed by atoms with Gasteiger partial charge < -0.3 is 10.2 Å². The molecular weight excluding hydrogens is 278 g/mol. The molecule has 0 unspecified atom stereocenters. The van der Waals surface area contributed by atoms with Gasteiger partial charge in [0, 0.05) is 32.2 Å². The van der Waals surface area contributed by atoms with E-state index in [4.69, 9.17) is 0 Å². The van der Waals surface area contributed by atoms with Crippen molar-refractivity contribution < 1.29 is 4.79 Å². The summed E-state index contributed by atoms with van der Waals surface area (Å²) in [6.07, 6.45) is 3.47. The summed E-state index contributed by atoms with van der Waals surface area (Å²) >= 11 is 0. The Morgan fingerprint density at radius 2 is 2.09 bits per heavy atom. The van der Waals surface area contributed by atoms with E-state index in [0.717, 1.165) is 50.1 Å². The Morgan fingerprint density at radius 1 is 1.27 bits per heavy atom. The van der Waals surface area contributed by atoms with Gasteiger partial charge in [0.05, 0.1) is 5.52 Å². The van der Waals surface area contributed by atoms with E-state index in [-0.39, 0.29) is 5.91 Å². The Kier molecular flexibility index (Phi) is 3.14. The van der Waals surface area contributed by atoms with E-state index in [1.165, 1.54) is 6.42 Å². The molecule has 2 aromatic rings. The van der Waals surface area contributed by atoms with Gasteiger partial charge in [-0.1, -0.05) is 5.21 Å². The second-order valence-electron chi connectivity index (χ2n) is 6.64. The van der Waals surface area contributed by atoms with Crippen LogP contribution in [-0.4, -0.2) is 52.0 Å². The van der Waals surface area contributed by atoms with Crippen molar-refractivity contribution >= 4 is 16.9 Å². The van der Waals surface area contributed by atoms with Crippen molar-refractivity contribution in [3.05, 3.63) is 23.8 Å². The van der Waals surface area contributed by atoms with Crippen molar-refractivity contribution in [3.8, 4) is 0 Å². The average molecular weight is 299 g/mol. The van der Waals surface area contributed by atoms with Crippen LogP contribution in [-0.2, 0) is 7.05 Å². The molecule has 2 aliphatic rings. The minimum Gasteiger partial charge on any atom is -0.339 e. The fourth-order valence-corrected chi connectivity index (χ4v) is 3.76. The predicted octanol–water partition coefficient (Wildman–Crippen LogP) is 1.18. The Labute approximate surface area is 129 Å². The first kappa shape index (κ1) is 13.7. The lowest BCUT2D eigenvalue weighted by atomic mass is 9.78. The number of amides is 1. The van der Waals surface area contributed by atoms with E-state index in [9.17, 15) is 4.79 Å². The SMILES string of the molecule is Cn1nnc2cc(C(=O)N3CCC4(CCNC4)CC3)ccc21. The molecule has 1 spiro atoms. The fourth-order valence-electron chi connectivity index (χ4n) is 3.76. The molecule has 6 nitrogen and oxygen atoms in total. The molecule has 0 saturated carbocycles. The van der Waals surface area contributed by atoms with Gasteiger partial charge in [0.15, 0.2) is 0 Å². The van der Waals surface area contributed by atoms with E-state index in [2.05, 4.69) is 15.6 Å². The predicted molar refractivity (Wildman–Crippen MR) is 83.6 cm³/mol. The molecule has 1 aromatic carbocycles. The number of aryl methyl sites for hydroxylation is 1. The molecule has 1 N–H and O–H groups in total. The van der Waals surface area contributed by atoms with Crippen LogP contribution in [0.5, 0.6) is 0 Å². The Bertz CT molecular complexity index is 706. The zero-order valence-electron chi connectivity index (χ0n) is 12.9. The highest BCUT2D eigenvalue weighted by molar-refractivity contribution is 5.97. The minimum atomic E-state index is 0.119. The molecule has 1 amide bonds. The highest BCUT2D eigenvalue weighted by Crippen LogP contribution is 2.37. The summed E-state index contributed by atoms with van der Waals surface area (Å²) in [6, 6.07) is 5.66. The normalized spacial score (nSPS) is 20.9. The summed E-state index contributed by atoms with van der Waals surface area (Å²) in [5.41, 5.74) is 2.88. The third kappa shape index (κ3) is 2.18. The number of carbonyl (C=O) groups excluding carboxylic acids is 1. The largest absolute Gasteiger partial charge is 0.339 e. The van der Waals surface area contributed by atoms with Gasteiger partial charge >= 0.3 is 0 Å². The third-order valence-electron chi connectivity index (χ3n) is 5.30. The highest BCUT2D eigenvalue weighted by atomic mass is 16.2. The summed E-state index contributed by atoms with van der Waals surface area (Å²) in [5, 5.41) is 11.5. The van der Waals surface area contributed by atoms with E-state index in [1.807, 2.05) is 30.1 Å². The number of carbonyl (C=O) groups is 1. The van der Waals surface area contributed by atoms with Gasteiger partial charge in [-0.15, -0.1) is 5.10 Å². The first-order chi connectivity index (χ1) is 10.7. The van der Waals surface area contributed by atoms with Crippen molar-refractivity contribution in [2.45, 2.75) is 19.3 Å². The molecule has 3 heterocycles. The molecule has 0 bridgehead atoms. The Hall–Kier alpha value is -1.95. The monoisotopic (exact) mass is 299 g/mol. The van der Waals surface area contributed by atoms with Crippen molar-refractivity contribution in [1.82, 2.24) is 25.2 Å². The lowest BCUT2D eigenvalue weighted by Crippen LogP contribution is -2.44. The summed E-state index contributed by atoms with van der Waals surface area (Å²) in [5.74, 6) is 0.119. The molecule has 0 aliphatic carbocycles. The fraction of sp³-hybridized carbons (Fsp3) is 0.562. The smallest absolute Gasteiger partial charge is 0.253 e. The topological polar surface area (TPSA) is 63.1 Å². The third-order valence-corrected chi connectivity index (χ3v) is 5.30. The maximum atomic E-state index is 12.7. The van der Waals surface area contributed by atoms with Gasteiger partial charge in [-0.25, -0.2) is 4.68 Å². The Balaban J connectivity index is 1.51. The van der Waals surface area contributed by atoms with Gasteiger partial charge in [0.2, 0.25) is 0 Å². The molecule has 2 fully saturated rings. The van der Waals surface area contributed by atoms with E-state index < -0.39 is 0 Å². The molecule has 1 aromatic heterocycles. The Morgan fingerprint density at radius 3 is 2.82 bits per heavy atom. The summed E-state index contributed by atoms with van der Waals surface area (Å²) in [4.78, 5) is 14.7. The van der Waals surface area contributed by atoms with Crippen LogP contribution in [0.1, 0.15) is 29.6 Å². The standard InChI is InChI=1S/C16H21N5O/c1-20-14-3-2-12(10-13(14)18-19-20)15(22)21-8-5-16(6-9-21)4-7-17-11-16/h2-3,10,17H,4-9,11H2,1H3. The van der Waals surface area contributed by atoms with Crippen LogP contribution >= 0.6 is 0 Å². The minimum absolute atomic E-state index is 0.119. The van der Waals surface area contributed by atoms with Crippen LogP contribution in [0.2, 0.25) is 0 Å². The van der Waals surface area contributed by atoms with Crippen molar-refractivity contribution in [3.63, 3.8) is 0 Å². The molecule has 4 rings (SSSR count). The van der Waals surface area contributed by atoms with Crippen molar-refractivity contribution in [2.24, 2.45) is 12.5 Å². The molecule has 22 heavy (non-hydrogen) atoms. The summed E-state index contributed by atoms with van der Waals surface area (Å²) in [6.45, 7) is 3.95. The van der Waals surface area contributed by atoms with Crippen molar-refractivity contribution in [1.29, 1.82) is 0 Å². The second kappa shape index (κ2) is 5.05. The van der Waals surface area contributed by atoms with E-state index in [0.29, 0.717) is 11.0 Å². The van der Waals surface area contributed by atoms with Gasteiger partial charge in [0.1, 0.15) is 5.52 Å². The van der Waals surface area contributed by atoms with Crippen LogP contribution in [0.4, 0.5) is 0 Å². The molecular formula is C16H21N5O. The van der Waals surface area contributed by atoms with Crippen molar-refractivity contribution in [2.75, 3.05) is 26.2 Å². The lowest BCUT2D eigenvalue weighted by Gasteiger charge is -2.38. The van der Waals surface area contributed by atoms with Crippen LogP contribution in [0.25, 0.3) is 11.0 Å². The van der Waals surface area contributed by atoms with E-state index in [1.54, 1.807) is 4.68 Å². The number of piperidine rings is 1. The van der Waals surface area contributed by atoms with E-state index >= 15 is 0 Å². The second-order valence-corrected chi connectivity index (χ2v) is 6.64. The van der Waals surface area contributed by atoms with Gasteiger partial charge in [0.25, 0.3) is 5.91 Å². The number of benzene rings is 1. The number of likely N-dealkylation sites (tertiary alicyclic amines) is 1. The molecule has 116 valence electrons. The number of nitrogens with zero attached hydrogens (tertiary/aromatic N) is 4. The molecule has 2 saturated heterocycles. The first-order valence-electron chi connectivity index (χ1n) is 7.96. The van der Waals surface area contributed by atoms with Crippen LogP contribution in [0, 0.1) is 5.41 Å². The highest BCUT2D eigenvalue weighted by Gasteiger charge is 2.38. The zero-order valence-corrected chi connectivity index (χ0v) is 12.9. The number of hydrogen-bond acceptors (Lipinski definition) is 4. The van der Waals surface area contributed by atoms with Crippen LogP contribution < -0.4 is 5.32 Å². The molecule has 2 aliphatic heterocycles. The summed E-state index contributed by atoms with van der Waals surface area (Å²) in [7, 11) is 1.86. The number of aromatic nitrogens is 3. The molecule has 0 atom stereocenters. The van der Waals surface area contributed by atoms with Crippen LogP contribution in [0.15, 0.2) is 18.2 Å².